The summed E-state index contributed by atoms with van der Waals surface area (Å²) >= 11 is 7.89. The van der Waals surface area contributed by atoms with Crippen LogP contribution in [-0.2, 0) is 12.3 Å². The standard InChI is InChI=1S/C17H22ClN3OS/c1-4-21(5-2)10-13-7-6-8-15(18)14(13)11-23-17-19-12(3)9-16(22)20-17/h6-9H,4-5,10-11H2,1-3H3,(H,19,20,22). The SMILES string of the molecule is CCN(CC)Cc1cccc(Cl)c1CSc1nc(C)cc(O)n1. The van der Waals surface area contributed by atoms with Crippen LogP contribution in [0.3, 0.4) is 0 Å². The molecule has 0 unspecified atom stereocenters. The smallest absolute Gasteiger partial charge is 0.215 e. The highest BCUT2D eigenvalue weighted by atomic mass is 35.5. The Morgan fingerprint density at radius 3 is 2.61 bits per heavy atom. The maximum atomic E-state index is 9.59. The Bertz CT molecular complexity index is 642. The number of halogens is 1. The molecule has 4 nitrogen and oxygen atoms in total. The molecule has 0 amide bonds. The Morgan fingerprint density at radius 2 is 1.96 bits per heavy atom. The third-order valence-corrected chi connectivity index (χ3v) is 4.90. The van der Waals surface area contributed by atoms with Gasteiger partial charge in [-0.05, 0) is 37.2 Å². The van der Waals surface area contributed by atoms with Crippen molar-refractivity contribution in [1.82, 2.24) is 14.9 Å². The molecule has 0 aliphatic carbocycles. The van der Waals surface area contributed by atoms with Gasteiger partial charge in [-0.2, -0.15) is 4.98 Å². The molecule has 0 atom stereocenters. The lowest BCUT2D eigenvalue weighted by Crippen LogP contribution is -2.22. The van der Waals surface area contributed by atoms with E-state index >= 15 is 0 Å². The molecule has 0 saturated carbocycles. The van der Waals surface area contributed by atoms with Gasteiger partial charge < -0.3 is 5.11 Å². The first-order valence-corrected chi connectivity index (χ1v) is 9.05. The van der Waals surface area contributed by atoms with E-state index in [-0.39, 0.29) is 5.88 Å². The van der Waals surface area contributed by atoms with Gasteiger partial charge in [-0.25, -0.2) is 4.98 Å². The van der Waals surface area contributed by atoms with Crippen LogP contribution < -0.4 is 0 Å². The van der Waals surface area contributed by atoms with Crippen molar-refractivity contribution < 1.29 is 5.11 Å². The number of hydrogen-bond donors (Lipinski definition) is 1. The fourth-order valence-electron chi connectivity index (χ4n) is 2.33. The minimum absolute atomic E-state index is 0.00234. The number of hydrogen-bond acceptors (Lipinski definition) is 5. The van der Waals surface area contributed by atoms with E-state index in [0.717, 1.165) is 35.9 Å². The highest BCUT2D eigenvalue weighted by Gasteiger charge is 2.12. The summed E-state index contributed by atoms with van der Waals surface area (Å²) in [5.74, 6) is 0.682. The van der Waals surface area contributed by atoms with Crippen LogP contribution in [0.1, 0.15) is 30.7 Å². The van der Waals surface area contributed by atoms with Crippen molar-refractivity contribution in [2.75, 3.05) is 13.1 Å². The molecule has 0 aliphatic heterocycles. The summed E-state index contributed by atoms with van der Waals surface area (Å²) in [6.45, 7) is 9.04. The van der Waals surface area contributed by atoms with Crippen LogP contribution in [0.4, 0.5) is 0 Å². The van der Waals surface area contributed by atoms with Gasteiger partial charge in [0.25, 0.3) is 0 Å². The summed E-state index contributed by atoms with van der Waals surface area (Å²) < 4.78 is 0. The van der Waals surface area contributed by atoms with Crippen LogP contribution in [0, 0.1) is 6.92 Å². The highest BCUT2D eigenvalue weighted by molar-refractivity contribution is 7.98. The monoisotopic (exact) mass is 351 g/mol. The summed E-state index contributed by atoms with van der Waals surface area (Å²) in [6, 6.07) is 7.57. The van der Waals surface area contributed by atoms with Gasteiger partial charge in [0.2, 0.25) is 5.88 Å². The zero-order chi connectivity index (χ0) is 16.8. The number of nitrogens with zero attached hydrogens (tertiary/aromatic N) is 3. The second-order valence-electron chi connectivity index (χ2n) is 5.28. The van der Waals surface area contributed by atoms with Gasteiger partial charge in [-0.3, -0.25) is 4.90 Å². The first-order chi connectivity index (χ1) is 11.0. The number of rotatable bonds is 7. The Hall–Kier alpha value is -1.30. The molecule has 0 radical (unpaired) electrons. The normalized spacial score (nSPS) is 11.2. The molecule has 1 aromatic carbocycles. The van der Waals surface area contributed by atoms with Gasteiger partial charge in [0, 0.05) is 29.1 Å². The molecule has 6 heteroatoms. The molecule has 23 heavy (non-hydrogen) atoms. The van der Waals surface area contributed by atoms with Crippen molar-refractivity contribution in [1.29, 1.82) is 0 Å². The third-order valence-electron chi connectivity index (χ3n) is 3.67. The van der Waals surface area contributed by atoms with Crippen LogP contribution in [0.5, 0.6) is 5.88 Å². The molecule has 1 heterocycles. The number of aromatic hydroxyl groups is 1. The van der Waals surface area contributed by atoms with E-state index in [0.29, 0.717) is 10.9 Å². The summed E-state index contributed by atoms with van der Waals surface area (Å²) in [6.07, 6.45) is 0. The van der Waals surface area contributed by atoms with Crippen molar-refractivity contribution in [2.45, 2.75) is 38.2 Å². The van der Waals surface area contributed by atoms with Gasteiger partial charge >= 0.3 is 0 Å². The maximum Gasteiger partial charge on any atom is 0.215 e. The fourth-order valence-corrected chi connectivity index (χ4v) is 3.65. The second-order valence-corrected chi connectivity index (χ2v) is 6.63. The summed E-state index contributed by atoms with van der Waals surface area (Å²) in [5, 5.41) is 10.9. The van der Waals surface area contributed by atoms with Gasteiger partial charge in [-0.15, -0.1) is 0 Å². The Labute approximate surface area is 146 Å². The van der Waals surface area contributed by atoms with Crippen molar-refractivity contribution in [3.8, 4) is 5.88 Å². The maximum absolute atomic E-state index is 9.59. The number of thioether (sulfide) groups is 1. The lowest BCUT2D eigenvalue weighted by Gasteiger charge is -2.20. The molecule has 0 saturated heterocycles. The van der Waals surface area contributed by atoms with E-state index in [2.05, 4.69) is 34.8 Å². The number of benzene rings is 1. The molecule has 1 aromatic heterocycles. The van der Waals surface area contributed by atoms with Crippen molar-refractivity contribution >= 4 is 23.4 Å². The van der Waals surface area contributed by atoms with Gasteiger partial charge in [0.05, 0.1) is 0 Å². The van der Waals surface area contributed by atoms with Crippen molar-refractivity contribution in [3.05, 3.63) is 46.1 Å². The molecular formula is C17H22ClN3OS. The van der Waals surface area contributed by atoms with E-state index in [1.165, 1.54) is 17.3 Å². The van der Waals surface area contributed by atoms with Gasteiger partial charge in [0.1, 0.15) is 0 Å². The Kier molecular flexibility index (Phi) is 6.69. The molecule has 0 aliphatic rings. The third kappa shape index (κ3) is 5.09. The summed E-state index contributed by atoms with van der Waals surface area (Å²) in [4.78, 5) is 10.8. The van der Waals surface area contributed by atoms with Crippen molar-refractivity contribution in [2.24, 2.45) is 0 Å². The van der Waals surface area contributed by atoms with E-state index in [1.54, 1.807) is 6.07 Å². The lowest BCUT2D eigenvalue weighted by molar-refractivity contribution is 0.295. The molecule has 1 N–H and O–H groups in total. The zero-order valence-electron chi connectivity index (χ0n) is 13.7. The first kappa shape index (κ1) is 18.0. The van der Waals surface area contributed by atoms with Crippen LogP contribution in [0.25, 0.3) is 0 Å². The summed E-state index contributed by atoms with van der Waals surface area (Å²) in [7, 11) is 0. The molecule has 0 fully saturated rings. The van der Waals surface area contributed by atoms with Crippen LogP contribution in [0.2, 0.25) is 5.02 Å². The van der Waals surface area contributed by atoms with Crippen LogP contribution in [0.15, 0.2) is 29.4 Å². The number of aromatic nitrogens is 2. The van der Waals surface area contributed by atoms with Gasteiger partial charge in [0.15, 0.2) is 5.16 Å². The first-order valence-electron chi connectivity index (χ1n) is 7.69. The Morgan fingerprint density at radius 1 is 1.22 bits per heavy atom. The van der Waals surface area contributed by atoms with Crippen LogP contribution >= 0.6 is 23.4 Å². The highest BCUT2D eigenvalue weighted by Crippen LogP contribution is 2.29. The van der Waals surface area contributed by atoms with E-state index in [4.69, 9.17) is 11.6 Å². The molecule has 124 valence electrons. The zero-order valence-corrected chi connectivity index (χ0v) is 15.3. The predicted octanol–water partition coefficient (Wildman–Crippen LogP) is 4.28. The van der Waals surface area contributed by atoms with E-state index in [1.807, 2.05) is 19.1 Å². The van der Waals surface area contributed by atoms with Gasteiger partial charge in [-0.1, -0.05) is 49.3 Å². The molecule has 0 spiro atoms. The predicted molar refractivity (Wildman–Crippen MR) is 96.1 cm³/mol. The molecular weight excluding hydrogens is 330 g/mol. The molecule has 2 aromatic rings. The average molecular weight is 352 g/mol. The minimum atomic E-state index is 0.00234. The fraction of sp³-hybridized carbons (Fsp3) is 0.412. The Balaban J connectivity index is 2.18. The average Bonchev–Trinajstić information content (AvgIpc) is 2.51. The number of aryl methyl sites for hydroxylation is 1. The second kappa shape index (κ2) is 8.52. The topological polar surface area (TPSA) is 49.2 Å². The largest absolute Gasteiger partial charge is 0.493 e. The minimum Gasteiger partial charge on any atom is -0.493 e. The lowest BCUT2D eigenvalue weighted by atomic mass is 10.1. The molecule has 2 rings (SSSR count). The van der Waals surface area contributed by atoms with Crippen LogP contribution in [-0.4, -0.2) is 33.1 Å². The van der Waals surface area contributed by atoms with E-state index < -0.39 is 0 Å². The molecule has 0 bridgehead atoms. The van der Waals surface area contributed by atoms with E-state index in [9.17, 15) is 5.11 Å². The quantitative estimate of drug-likeness (QED) is 0.596. The van der Waals surface area contributed by atoms with Crippen molar-refractivity contribution in [3.63, 3.8) is 0 Å². The summed E-state index contributed by atoms with van der Waals surface area (Å²) in [5.41, 5.74) is 3.09.